The smallest absolute Gasteiger partial charge is 0.295 e. The highest BCUT2D eigenvalue weighted by Crippen LogP contribution is 2.11. The standard InChI is InChI=1S/C10H11ClN2O/c1-12-8-4-2-3-5-9(8)13(7-6-11)10(12)14/h2-5H,6-7H2,1H3. The molecule has 0 spiro atoms. The van der Waals surface area contributed by atoms with E-state index in [1.165, 1.54) is 0 Å². The number of hydrogen-bond acceptors (Lipinski definition) is 1. The Morgan fingerprint density at radius 1 is 1.29 bits per heavy atom. The molecular formula is C10H11ClN2O. The molecule has 4 heteroatoms. The van der Waals surface area contributed by atoms with Gasteiger partial charge in [-0.1, -0.05) is 12.1 Å². The zero-order valence-electron chi connectivity index (χ0n) is 7.90. The molecule has 0 aliphatic carbocycles. The lowest BCUT2D eigenvalue weighted by molar-refractivity contribution is 0.716. The normalized spacial score (nSPS) is 11.0. The van der Waals surface area contributed by atoms with Gasteiger partial charge in [0, 0.05) is 19.5 Å². The van der Waals surface area contributed by atoms with Crippen molar-refractivity contribution in [3.63, 3.8) is 0 Å². The number of nitrogens with zero attached hydrogens (tertiary/aromatic N) is 2. The molecule has 0 unspecified atom stereocenters. The topological polar surface area (TPSA) is 26.9 Å². The van der Waals surface area contributed by atoms with Crippen LogP contribution >= 0.6 is 11.6 Å². The molecule has 1 aromatic carbocycles. The first-order valence-electron chi connectivity index (χ1n) is 4.46. The Hall–Kier alpha value is -1.22. The van der Waals surface area contributed by atoms with Gasteiger partial charge in [-0.3, -0.25) is 9.13 Å². The van der Waals surface area contributed by atoms with Crippen LogP contribution in [0.15, 0.2) is 29.1 Å². The lowest BCUT2D eigenvalue weighted by atomic mass is 10.3. The van der Waals surface area contributed by atoms with E-state index in [4.69, 9.17) is 11.6 Å². The first-order chi connectivity index (χ1) is 6.75. The lowest BCUT2D eigenvalue weighted by Crippen LogP contribution is -2.22. The van der Waals surface area contributed by atoms with Crippen LogP contribution in [0.3, 0.4) is 0 Å². The third-order valence-corrected chi connectivity index (χ3v) is 2.53. The van der Waals surface area contributed by atoms with Gasteiger partial charge in [0.1, 0.15) is 0 Å². The van der Waals surface area contributed by atoms with Crippen molar-refractivity contribution in [1.82, 2.24) is 9.13 Å². The van der Waals surface area contributed by atoms with Gasteiger partial charge >= 0.3 is 5.69 Å². The highest BCUT2D eigenvalue weighted by molar-refractivity contribution is 6.17. The number of para-hydroxylation sites is 2. The molecule has 3 nitrogen and oxygen atoms in total. The number of rotatable bonds is 2. The molecule has 2 rings (SSSR count). The molecule has 0 bridgehead atoms. The minimum absolute atomic E-state index is 0.00755. The number of aryl methyl sites for hydroxylation is 2. The Balaban J connectivity index is 2.81. The first-order valence-corrected chi connectivity index (χ1v) is 4.99. The second kappa shape index (κ2) is 3.50. The van der Waals surface area contributed by atoms with Crippen LogP contribution in [0.25, 0.3) is 11.0 Å². The Morgan fingerprint density at radius 2 is 1.93 bits per heavy atom. The van der Waals surface area contributed by atoms with Crippen LogP contribution in [0.2, 0.25) is 0 Å². The second-order valence-corrected chi connectivity index (χ2v) is 3.55. The molecule has 14 heavy (non-hydrogen) atoms. The Bertz CT molecular complexity index is 512. The van der Waals surface area contributed by atoms with Crippen LogP contribution in [0.5, 0.6) is 0 Å². The number of fused-ring (bicyclic) bond motifs is 1. The first kappa shape index (κ1) is 9.34. The van der Waals surface area contributed by atoms with E-state index < -0.39 is 0 Å². The molecule has 0 atom stereocenters. The fourth-order valence-electron chi connectivity index (χ4n) is 1.66. The molecule has 0 saturated carbocycles. The Morgan fingerprint density at radius 3 is 2.57 bits per heavy atom. The SMILES string of the molecule is Cn1c(=O)n(CCCl)c2ccccc21. The molecule has 0 fully saturated rings. The molecule has 0 aliphatic rings. The maximum atomic E-state index is 11.7. The minimum atomic E-state index is -0.00755. The second-order valence-electron chi connectivity index (χ2n) is 3.17. The predicted octanol–water partition coefficient (Wildman–Crippen LogP) is 1.58. The van der Waals surface area contributed by atoms with Gasteiger partial charge in [0.15, 0.2) is 0 Å². The summed E-state index contributed by atoms with van der Waals surface area (Å²) >= 11 is 5.65. The van der Waals surface area contributed by atoms with Gasteiger partial charge in [0.25, 0.3) is 0 Å². The summed E-state index contributed by atoms with van der Waals surface area (Å²) < 4.78 is 3.34. The number of halogens is 1. The largest absolute Gasteiger partial charge is 0.328 e. The molecule has 74 valence electrons. The van der Waals surface area contributed by atoms with Crippen LogP contribution in [0.4, 0.5) is 0 Å². The maximum absolute atomic E-state index is 11.7. The monoisotopic (exact) mass is 210 g/mol. The van der Waals surface area contributed by atoms with Gasteiger partial charge in [0.2, 0.25) is 0 Å². The highest BCUT2D eigenvalue weighted by atomic mass is 35.5. The summed E-state index contributed by atoms with van der Waals surface area (Å²) in [6.07, 6.45) is 0. The van der Waals surface area contributed by atoms with E-state index in [0.29, 0.717) is 12.4 Å². The summed E-state index contributed by atoms with van der Waals surface area (Å²) in [4.78, 5) is 11.7. The molecule has 2 aromatic rings. The predicted molar refractivity (Wildman–Crippen MR) is 57.9 cm³/mol. The summed E-state index contributed by atoms with van der Waals surface area (Å²) in [6, 6.07) is 7.71. The van der Waals surface area contributed by atoms with Gasteiger partial charge in [0.05, 0.1) is 11.0 Å². The van der Waals surface area contributed by atoms with Crippen LogP contribution in [0, 0.1) is 0 Å². The van der Waals surface area contributed by atoms with Gasteiger partial charge in [-0.15, -0.1) is 11.6 Å². The summed E-state index contributed by atoms with van der Waals surface area (Å²) in [5.74, 6) is 0.452. The van der Waals surface area contributed by atoms with E-state index in [0.717, 1.165) is 11.0 Å². The van der Waals surface area contributed by atoms with Gasteiger partial charge in [-0.2, -0.15) is 0 Å². The zero-order chi connectivity index (χ0) is 10.1. The van der Waals surface area contributed by atoms with Crippen molar-refractivity contribution >= 4 is 22.6 Å². The molecule has 0 amide bonds. The third-order valence-electron chi connectivity index (χ3n) is 2.36. The quantitative estimate of drug-likeness (QED) is 0.692. The molecular weight excluding hydrogens is 200 g/mol. The van der Waals surface area contributed by atoms with E-state index in [1.54, 1.807) is 16.2 Å². The number of benzene rings is 1. The average molecular weight is 211 g/mol. The Labute approximate surface area is 86.5 Å². The van der Waals surface area contributed by atoms with Gasteiger partial charge in [-0.05, 0) is 12.1 Å². The van der Waals surface area contributed by atoms with Crippen LogP contribution in [-0.2, 0) is 13.6 Å². The summed E-state index contributed by atoms with van der Waals surface area (Å²) in [6.45, 7) is 0.557. The molecule has 0 saturated heterocycles. The highest BCUT2D eigenvalue weighted by Gasteiger charge is 2.08. The van der Waals surface area contributed by atoms with E-state index in [2.05, 4.69) is 0 Å². The van der Waals surface area contributed by atoms with Gasteiger partial charge in [-0.25, -0.2) is 4.79 Å². The van der Waals surface area contributed by atoms with Gasteiger partial charge < -0.3 is 0 Å². The Kier molecular flexibility index (Phi) is 2.33. The number of alkyl halides is 1. The van der Waals surface area contributed by atoms with Crippen LogP contribution in [-0.4, -0.2) is 15.0 Å². The number of imidazole rings is 1. The maximum Gasteiger partial charge on any atom is 0.328 e. The minimum Gasteiger partial charge on any atom is -0.295 e. The molecule has 0 N–H and O–H groups in total. The molecule has 1 aromatic heterocycles. The van der Waals surface area contributed by atoms with Crippen LogP contribution in [0.1, 0.15) is 0 Å². The van der Waals surface area contributed by atoms with Crippen molar-refractivity contribution in [3.05, 3.63) is 34.7 Å². The van der Waals surface area contributed by atoms with E-state index in [1.807, 2.05) is 24.3 Å². The zero-order valence-corrected chi connectivity index (χ0v) is 8.66. The van der Waals surface area contributed by atoms with Crippen molar-refractivity contribution in [2.75, 3.05) is 5.88 Å². The van der Waals surface area contributed by atoms with E-state index in [-0.39, 0.29) is 5.69 Å². The average Bonchev–Trinajstić information content (AvgIpc) is 2.45. The molecule has 1 heterocycles. The number of aromatic nitrogens is 2. The fourth-order valence-corrected chi connectivity index (χ4v) is 1.83. The van der Waals surface area contributed by atoms with E-state index >= 15 is 0 Å². The van der Waals surface area contributed by atoms with Crippen molar-refractivity contribution in [1.29, 1.82) is 0 Å². The van der Waals surface area contributed by atoms with E-state index in [9.17, 15) is 4.79 Å². The fraction of sp³-hybridized carbons (Fsp3) is 0.300. The molecule has 0 radical (unpaired) electrons. The van der Waals surface area contributed by atoms with Crippen LogP contribution < -0.4 is 5.69 Å². The summed E-state index contributed by atoms with van der Waals surface area (Å²) in [7, 11) is 1.77. The van der Waals surface area contributed by atoms with Crippen molar-refractivity contribution in [2.45, 2.75) is 6.54 Å². The number of hydrogen-bond donors (Lipinski definition) is 0. The van der Waals surface area contributed by atoms with Crippen molar-refractivity contribution < 1.29 is 0 Å². The summed E-state index contributed by atoms with van der Waals surface area (Å²) in [5.41, 5.74) is 1.88. The van der Waals surface area contributed by atoms with Crippen molar-refractivity contribution in [3.8, 4) is 0 Å². The molecule has 0 aliphatic heterocycles. The lowest BCUT2D eigenvalue weighted by Gasteiger charge is -1.97. The summed E-state index contributed by atoms with van der Waals surface area (Å²) in [5, 5.41) is 0. The van der Waals surface area contributed by atoms with Crippen molar-refractivity contribution in [2.24, 2.45) is 7.05 Å². The third kappa shape index (κ3) is 1.24.